The Morgan fingerprint density at radius 1 is 1.33 bits per heavy atom. The van der Waals surface area contributed by atoms with Gasteiger partial charge in [-0.15, -0.1) is 0 Å². The summed E-state index contributed by atoms with van der Waals surface area (Å²) in [5, 5.41) is 12.9. The Hall–Kier alpha value is -1.89. The van der Waals surface area contributed by atoms with E-state index in [9.17, 15) is 9.59 Å². The van der Waals surface area contributed by atoms with Crippen molar-refractivity contribution >= 4 is 11.6 Å². The second-order valence-electron chi connectivity index (χ2n) is 5.30. The number of hydrogen-bond acceptors (Lipinski definition) is 5. The van der Waals surface area contributed by atoms with Crippen molar-refractivity contribution < 1.29 is 4.79 Å². The van der Waals surface area contributed by atoms with Crippen LogP contribution in [0.15, 0.2) is 17.1 Å². The maximum absolute atomic E-state index is 11.9. The second kappa shape index (κ2) is 9.12. The Morgan fingerprint density at radius 3 is 2.71 bits per heavy atom. The van der Waals surface area contributed by atoms with Gasteiger partial charge in [0.15, 0.2) is 0 Å². The summed E-state index contributed by atoms with van der Waals surface area (Å²) in [5.41, 5.74) is 0.371. The molecule has 7 heteroatoms. The summed E-state index contributed by atoms with van der Waals surface area (Å²) in [5.74, 6) is 0.343. The molecule has 1 aromatic rings. The third-order valence-corrected chi connectivity index (χ3v) is 2.91. The molecule has 0 aromatic carbocycles. The highest BCUT2D eigenvalue weighted by Crippen LogP contribution is 1.98. The summed E-state index contributed by atoms with van der Waals surface area (Å²) in [6, 6.07) is 1.45. The molecule has 0 aliphatic heterocycles. The van der Waals surface area contributed by atoms with Crippen LogP contribution in [0.2, 0.25) is 0 Å². The minimum atomic E-state index is -0.288. The van der Waals surface area contributed by atoms with Gasteiger partial charge in [0.25, 0.3) is 5.56 Å². The van der Waals surface area contributed by atoms with Crippen LogP contribution in [-0.4, -0.2) is 42.4 Å². The van der Waals surface area contributed by atoms with Gasteiger partial charge in [0.2, 0.25) is 5.91 Å². The molecule has 0 saturated carbocycles. The molecule has 3 N–H and O–H groups in total. The van der Waals surface area contributed by atoms with Crippen molar-refractivity contribution in [2.45, 2.75) is 26.8 Å². The van der Waals surface area contributed by atoms with E-state index in [1.807, 2.05) is 7.05 Å². The molecule has 1 heterocycles. The molecule has 0 fully saturated rings. The second-order valence-corrected chi connectivity index (χ2v) is 5.30. The van der Waals surface area contributed by atoms with E-state index in [0.717, 1.165) is 17.6 Å². The third kappa shape index (κ3) is 6.89. The number of amides is 1. The molecule has 0 bridgehead atoms. The number of carbonyl (C=O) groups is 1. The van der Waals surface area contributed by atoms with Crippen LogP contribution >= 0.6 is 0 Å². The fourth-order valence-electron chi connectivity index (χ4n) is 1.67. The molecule has 1 amide bonds. The Kier molecular flexibility index (Phi) is 7.45. The van der Waals surface area contributed by atoms with E-state index >= 15 is 0 Å². The van der Waals surface area contributed by atoms with Crippen molar-refractivity contribution in [2.75, 3.05) is 32.0 Å². The topological polar surface area (TPSA) is 88.1 Å². The Labute approximate surface area is 125 Å². The Morgan fingerprint density at radius 2 is 2.10 bits per heavy atom. The van der Waals surface area contributed by atoms with Crippen LogP contribution in [0.25, 0.3) is 0 Å². The van der Waals surface area contributed by atoms with Gasteiger partial charge in [0.05, 0.1) is 11.9 Å². The number of hydrogen-bond donors (Lipinski definition) is 3. The lowest BCUT2D eigenvalue weighted by Crippen LogP contribution is -2.34. The highest BCUT2D eigenvalue weighted by Gasteiger charge is 2.06. The highest BCUT2D eigenvalue weighted by molar-refractivity contribution is 5.75. The van der Waals surface area contributed by atoms with Gasteiger partial charge in [0.1, 0.15) is 6.54 Å². The molecule has 7 nitrogen and oxygen atoms in total. The van der Waals surface area contributed by atoms with E-state index in [1.54, 1.807) is 6.20 Å². The van der Waals surface area contributed by atoms with Gasteiger partial charge < -0.3 is 16.0 Å². The maximum atomic E-state index is 11.9. The first-order valence-electron chi connectivity index (χ1n) is 7.25. The number of carbonyl (C=O) groups excluding carboxylic acids is 1. The highest BCUT2D eigenvalue weighted by atomic mass is 16.2. The number of nitrogens with zero attached hydrogens (tertiary/aromatic N) is 2. The van der Waals surface area contributed by atoms with Crippen LogP contribution in [-0.2, 0) is 11.3 Å². The van der Waals surface area contributed by atoms with Crippen LogP contribution in [0.5, 0.6) is 0 Å². The molecule has 0 atom stereocenters. The lowest BCUT2D eigenvalue weighted by molar-refractivity contribution is -0.121. The van der Waals surface area contributed by atoms with Crippen LogP contribution in [0.3, 0.4) is 0 Å². The van der Waals surface area contributed by atoms with Gasteiger partial charge in [-0.1, -0.05) is 13.8 Å². The monoisotopic (exact) mass is 295 g/mol. The summed E-state index contributed by atoms with van der Waals surface area (Å²) in [6.07, 6.45) is 2.47. The zero-order valence-electron chi connectivity index (χ0n) is 13.0. The summed E-state index contributed by atoms with van der Waals surface area (Å²) in [7, 11) is 1.86. The van der Waals surface area contributed by atoms with Crippen molar-refractivity contribution in [2.24, 2.45) is 5.92 Å². The van der Waals surface area contributed by atoms with E-state index in [4.69, 9.17) is 0 Å². The molecule has 0 unspecified atom stereocenters. The van der Waals surface area contributed by atoms with E-state index < -0.39 is 0 Å². The van der Waals surface area contributed by atoms with Crippen LogP contribution in [0.1, 0.15) is 20.3 Å². The van der Waals surface area contributed by atoms with Crippen LogP contribution in [0, 0.1) is 5.92 Å². The number of likely N-dealkylation sites (N-methyl/N-ethyl adjacent to an activating group) is 1. The Balaban J connectivity index is 2.48. The molecule has 118 valence electrons. The SMILES string of the molecule is CNCCNc1cnn(CC(=O)NCCC(C)C)c(=O)c1. The number of aromatic nitrogens is 2. The minimum absolute atomic E-state index is 0.0479. The minimum Gasteiger partial charge on any atom is -0.382 e. The van der Waals surface area contributed by atoms with E-state index in [0.29, 0.717) is 24.7 Å². The van der Waals surface area contributed by atoms with Gasteiger partial charge in [-0.05, 0) is 19.4 Å². The van der Waals surface area contributed by atoms with Gasteiger partial charge in [-0.2, -0.15) is 5.10 Å². The maximum Gasteiger partial charge on any atom is 0.269 e. The van der Waals surface area contributed by atoms with Crippen molar-refractivity contribution in [1.29, 1.82) is 0 Å². The number of anilines is 1. The molecule has 0 aliphatic carbocycles. The molecule has 1 rings (SSSR count). The van der Waals surface area contributed by atoms with Gasteiger partial charge in [-0.3, -0.25) is 9.59 Å². The summed E-state index contributed by atoms with van der Waals surface area (Å²) in [6.45, 7) is 6.26. The predicted molar refractivity (Wildman–Crippen MR) is 83.4 cm³/mol. The molecule has 1 aromatic heterocycles. The van der Waals surface area contributed by atoms with Crippen molar-refractivity contribution in [3.05, 3.63) is 22.6 Å². The largest absolute Gasteiger partial charge is 0.382 e. The number of nitrogens with one attached hydrogen (secondary N) is 3. The fourth-order valence-corrected chi connectivity index (χ4v) is 1.67. The normalized spacial score (nSPS) is 10.7. The molecule has 21 heavy (non-hydrogen) atoms. The lowest BCUT2D eigenvalue weighted by Gasteiger charge is -2.09. The Bertz CT molecular complexity index is 498. The first kappa shape index (κ1) is 17.2. The summed E-state index contributed by atoms with van der Waals surface area (Å²) in [4.78, 5) is 23.6. The van der Waals surface area contributed by atoms with Crippen molar-refractivity contribution in [3.63, 3.8) is 0 Å². The van der Waals surface area contributed by atoms with E-state index in [2.05, 4.69) is 34.9 Å². The van der Waals surface area contributed by atoms with Crippen molar-refractivity contribution in [1.82, 2.24) is 20.4 Å². The smallest absolute Gasteiger partial charge is 0.269 e. The number of rotatable bonds is 9. The quantitative estimate of drug-likeness (QED) is 0.560. The molecular weight excluding hydrogens is 270 g/mol. The van der Waals surface area contributed by atoms with E-state index in [-0.39, 0.29) is 18.0 Å². The lowest BCUT2D eigenvalue weighted by atomic mass is 10.1. The first-order chi connectivity index (χ1) is 10.0. The third-order valence-electron chi connectivity index (χ3n) is 2.91. The first-order valence-corrected chi connectivity index (χ1v) is 7.25. The van der Waals surface area contributed by atoms with Crippen LogP contribution in [0.4, 0.5) is 5.69 Å². The summed E-state index contributed by atoms with van der Waals surface area (Å²) >= 11 is 0. The molecule has 0 aliphatic rings. The van der Waals surface area contributed by atoms with Crippen molar-refractivity contribution in [3.8, 4) is 0 Å². The fraction of sp³-hybridized carbons (Fsp3) is 0.643. The van der Waals surface area contributed by atoms with Gasteiger partial charge >= 0.3 is 0 Å². The average Bonchev–Trinajstić information content (AvgIpc) is 2.41. The standard InChI is InChI=1S/C14H25N5O2/c1-11(2)4-5-17-13(20)10-19-14(21)8-12(9-18-19)16-7-6-15-3/h8-9,11,15-16H,4-7,10H2,1-3H3,(H,17,20). The zero-order valence-corrected chi connectivity index (χ0v) is 13.0. The van der Waals surface area contributed by atoms with Crippen LogP contribution < -0.4 is 21.5 Å². The molecule has 0 radical (unpaired) electrons. The zero-order chi connectivity index (χ0) is 15.7. The molecular formula is C14H25N5O2. The summed E-state index contributed by atoms with van der Waals surface area (Å²) < 4.78 is 1.16. The van der Waals surface area contributed by atoms with Gasteiger partial charge in [-0.25, -0.2) is 4.68 Å². The molecule has 0 spiro atoms. The van der Waals surface area contributed by atoms with Gasteiger partial charge in [0, 0.05) is 25.7 Å². The molecule has 0 saturated heterocycles. The predicted octanol–water partition coefficient (Wildman–Crippen LogP) is 0.0369. The average molecular weight is 295 g/mol. The van der Waals surface area contributed by atoms with E-state index in [1.165, 1.54) is 6.07 Å².